The summed E-state index contributed by atoms with van der Waals surface area (Å²) in [4.78, 5) is 0.318. The molecule has 0 saturated heterocycles. The van der Waals surface area contributed by atoms with E-state index in [0.29, 0.717) is 4.90 Å². The van der Waals surface area contributed by atoms with Crippen LogP contribution < -0.4 is 4.72 Å². The van der Waals surface area contributed by atoms with Crippen LogP contribution in [0.25, 0.3) is 0 Å². The second kappa shape index (κ2) is 7.95. The number of rotatable bonds is 7. The average Bonchev–Trinajstić information content (AvgIpc) is 2.55. The predicted molar refractivity (Wildman–Crippen MR) is 99.7 cm³/mol. The molecular formula is C20H27NO2S. The molecule has 1 N–H and O–H groups in total. The van der Waals surface area contributed by atoms with Crippen molar-refractivity contribution >= 4 is 10.0 Å². The van der Waals surface area contributed by atoms with Crippen LogP contribution in [0.1, 0.15) is 55.0 Å². The van der Waals surface area contributed by atoms with E-state index < -0.39 is 10.0 Å². The van der Waals surface area contributed by atoms with Crippen molar-refractivity contribution in [3.8, 4) is 0 Å². The van der Waals surface area contributed by atoms with E-state index in [2.05, 4.69) is 11.6 Å². The minimum atomic E-state index is -3.52. The molecule has 0 aliphatic rings. The lowest BCUT2D eigenvalue weighted by Gasteiger charge is -2.16. The van der Waals surface area contributed by atoms with Gasteiger partial charge >= 0.3 is 0 Å². The molecule has 2 aromatic carbocycles. The molecule has 4 heteroatoms. The first-order valence-corrected chi connectivity index (χ1v) is 10.00. The van der Waals surface area contributed by atoms with Gasteiger partial charge in [-0.2, -0.15) is 0 Å². The largest absolute Gasteiger partial charge is 0.241 e. The Morgan fingerprint density at radius 3 is 2.25 bits per heavy atom. The smallest absolute Gasteiger partial charge is 0.207 e. The summed E-state index contributed by atoms with van der Waals surface area (Å²) in [5, 5.41) is 0. The van der Waals surface area contributed by atoms with E-state index in [-0.39, 0.29) is 6.04 Å². The monoisotopic (exact) mass is 345 g/mol. The molecular weight excluding hydrogens is 318 g/mol. The summed E-state index contributed by atoms with van der Waals surface area (Å²) in [5.41, 5.74) is 4.52. The third-order valence-electron chi connectivity index (χ3n) is 4.42. The number of sulfonamides is 1. The molecule has 0 heterocycles. The lowest BCUT2D eigenvalue weighted by atomic mass is 10.0. The highest BCUT2D eigenvalue weighted by atomic mass is 32.2. The summed E-state index contributed by atoms with van der Waals surface area (Å²) in [7, 11) is -3.52. The first-order chi connectivity index (χ1) is 11.3. The molecule has 3 nitrogen and oxygen atoms in total. The van der Waals surface area contributed by atoms with Crippen molar-refractivity contribution in [2.45, 2.75) is 57.9 Å². The number of aryl methyl sites for hydroxylation is 3. The average molecular weight is 346 g/mol. The van der Waals surface area contributed by atoms with Crippen LogP contribution in [-0.4, -0.2) is 8.42 Å². The summed E-state index contributed by atoms with van der Waals surface area (Å²) in [6.07, 6.45) is 3.24. The molecule has 1 unspecified atom stereocenters. The lowest BCUT2D eigenvalue weighted by Crippen LogP contribution is -2.27. The highest BCUT2D eigenvalue weighted by molar-refractivity contribution is 7.89. The first-order valence-electron chi connectivity index (χ1n) is 8.52. The molecule has 130 valence electrons. The third kappa shape index (κ3) is 4.68. The molecule has 0 fully saturated rings. The molecule has 0 saturated carbocycles. The van der Waals surface area contributed by atoms with Gasteiger partial charge in [0, 0.05) is 6.04 Å². The van der Waals surface area contributed by atoms with Gasteiger partial charge in [0.25, 0.3) is 0 Å². The Morgan fingerprint density at radius 2 is 1.67 bits per heavy atom. The number of hydrogen-bond donors (Lipinski definition) is 1. The fourth-order valence-electron chi connectivity index (χ4n) is 2.62. The van der Waals surface area contributed by atoms with Crippen molar-refractivity contribution in [1.29, 1.82) is 0 Å². The predicted octanol–water partition coefficient (Wildman–Crippen LogP) is 4.69. The van der Waals surface area contributed by atoms with E-state index in [0.717, 1.165) is 24.8 Å². The maximum atomic E-state index is 12.6. The number of nitrogens with one attached hydrogen (secondary N) is 1. The van der Waals surface area contributed by atoms with Gasteiger partial charge in [-0.1, -0.05) is 43.7 Å². The van der Waals surface area contributed by atoms with E-state index in [1.165, 1.54) is 16.7 Å². The highest BCUT2D eigenvalue weighted by Crippen LogP contribution is 2.20. The molecule has 24 heavy (non-hydrogen) atoms. The van der Waals surface area contributed by atoms with Gasteiger partial charge < -0.3 is 0 Å². The van der Waals surface area contributed by atoms with Gasteiger partial charge in [-0.25, -0.2) is 13.1 Å². The lowest BCUT2D eigenvalue weighted by molar-refractivity contribution is 0.567. The molecule has 0 aliphatic heterocycles. The van der Waals surface area contributed by atoms with Gasteiger partial charge in [0.05, 0.1) is 4.90 Å². The van der Waals surface area contributed by atoms with Crippen LogP contribution >= 0.6 is 0 Å². The van der Waals surface area contributed by atoms with Crippen molar-refractivity contribution < 1.29 is 8.42 Å². The van der Waals surface area contributed by atoms with Gasteiger partial charge in [0.15, 0.2) is 0 Å². The summed E-state index contributed by atoms with van der Waals surface area (Å²) in [6.45, 7) is 8.11. The molecule has 2 aromatic rings. The van der Waals surface area contributed by atoms with Crippen LogP contribution in [0.2, 0.25) is 0 Å². The first kappa shape index (κ1) is 18.7. The fraction of sp³-hybridized carbons (Fsp3) is 0.400. The number of hydrogen-bond acceptors (Lipinski definition) is 2. The topological polar surface area (TPSA) is 46.2 Å². The highest BCUT2D eigenvalue weighted by Gasteiger charge is 2.18. The van der Waals surface area contributed by atoms with Crippen molar-refractivity contribution in [2.75, 3.05) is 0 Å². The standard InChI is InChI=1S/C20H27NO2S/c1-5-6-7-18-9-12-20(13-10-18)24(22,23)21-17(4)19-11-8-15(2)16(3)14-19/h8-14,17,21H,5-7H2,1-4H3. The van der Waals surface area contributed by atoms with E-state index in [4.69, 9.17) is 0 Å². The van der Waals surface area contributed by atoms with Gasteiger partial charge in [-0.15, -0.1) is 0 Å². The van der Waals surface area contributed by atoms with Crippen LogP contribution in [0.5, 0.6) is 0 Å². The van der Waals surface area contributed by atoms with Crippen LogP contribution in [-0.2, 0) is 16.4 Å². The van der Waals surface area contributed by atoms with Crippen LogP contribution in [0.4, 0.5) is 0 Å². The Kier molecular flexibility index (Phi) is 6.19. The Bertz CT molecular complexity index is 780. The second-order valence-electron chi connectivity index (χ2n) is 6.43. The molecule has 0 spiro atoms. The van der Waals surface area contributed by atoms with E-state index in [9.17, 15) is 8.42 Å². The van der Waals surface area contributed by atoms with Crippen molar-refractivity contribution in [1.82, 2.24) is 4.72 Å². The van der Waals surface area contributed by atoms with Gasteiger partial charge in [0.1, 0.15) is 0 Å². The van der Waals surface area contributed by atoms with Gasteiger partial charge in [-0.3, -0.25) is 0 Å². The molecule has 2 rings (SSSR count). The Balaban J connectivity index is 2.13. The molecule has 0 radical (unpaired) electrons. The van der Waals surface area contributed by atoms with Crippen LogP contribution in [0.3, 0.4) is 0 Å². The van der Waals surface area contributed by atoms with E-state index in [1.54, 1.807) is 12.1 Å². The minimum Gasteiger partial charge on any atom is -0.207 e. The van der Waals surface area contributed by atoms with Crippen LogP contribution in [0.15, 0.2) is 47.4 Å². The van der Waals surface area contributed by atoms with Gasteiger partial charge in [0.2, 0.25) is 10.0 Å². The second-order valence-corrected chi connectivity index (χ2v) is 8.15. The van der Waals surface area contributed by atoms with E-state index in [1.807, 2.05) is 51.1 Å². The molecule has 1 atom stereocenters. The maximum Gasteiger partial charge on any atom is 0.241 e. The van der Waals surface area contributed by atoms with Crippen molar-refractivity contribution in [2.24, 2.45) is 0 Å². The SMILES string of the molecule is CCCCc1ccc(S(=O)(=O)NC(C)c2ccc(C)c(C)c2)cc1. The van der Waals surface area contributed by atoms with Crippen LogP contribution in [0, 0.1) is 13.8 Å². The number of unbranched alkanes of at least 4 members (excludes halogenated alkanes) is 1. The van der Waals surface area contributed by atoms with Crippen molar-refractivity contribution in [3.63, 3.8) is 0 Å². The normalized spacial score (nSPS) is 13.0. The third-order valence-corrected chi connectivity index (χ3v) is 5.97. The Hall–Kier alpha value is -1.65. The molecule has 0 aliphatic carbocycles. The molecule has 0 amide bonds. The minimum absolute atomic E-state index is 0.269. The summed E-state index contributed by atoms with van der Waals surface area (Å²) >= 11 is 0. The summed E-state index contributed by atoms with van der Waals surface area (Å²) in [6, 6.07) is 13.0. The van der Waals surface area contributed by atoms with Crippen molar-refractivity contribution in [3.05, 3.63) is 64.7 Å². The molecule has 0 bridgehead atoms. The Labute approximate surface area is 146 Å². The summed E-state index contributed by atoms with van der Waals surface area (Å²) in [5.74, 6) is 0. The van der Waals surface area contributed by atoms with E-state index >= 15 is 0 Å². The maximum absolute atomic E-state index is 12.6. The number of benzene rings is 2. The fourth-order valence-corrected chi connectivity index (χ4v) is 3.85. The quantitative estimate of drug-likeness (QED) is 0.791. The zero-order valence-corrected chi connectivity index (χ0v) is 15.8. The summed E-state index contributed by atoms with van der Waals surface area (Å²) < 4.78 is 27.9. The Morgan fingerprint density at radius 1 is 1.00 bits per heavy atom. The van der Waals surface area contributed by atoms with Gasteiger partial charge in [-0.05, 0) is 68.0 Å². The zero-order valence-electron chi connectivity index (χ0n) is 15.0. The molecule has 0 aromatic heterocycles. The zero-order chi connectivity index (χ0) is 17.7.